The number of aromatic hydroxyl groups is 1. The maximum Gasteiger partial charge on any atom is 0.250 e. The number of phenols is 1. The molecule has 2 aromatic heterocycles. The first-order valence-corrected chi connectivity index (χ1v) is 9.69. The van der Waals surface area contributed by atoms with Crippen LogP contribution in [0.15, 0.2) is 76.4 Å². The Balaban J connectivity index is 1.51. The van der Waals surface area contributed by atoms with Crippen molar-refractivity contribution in [3.63, 3.8) is 0 Å². The summed E-state index contributed by atoms with van der Waals surface area (Å²) in [5.41, 5.74) is 4.39. The van der Waals surface area contributed by atoms with E-state index in [1.165, 1.54) is 0 Å². The van der Waals surface area contributed by atoms with Crippen LogP contribution in [-0.4, -0.2) is 33.4 Å². The average Bonchev–Trinajstić information content (AvgIpc) is 3.33. The molecular formula is C22H21N7O3. The minimum Gasteiger partial charge on any atom is -0.508 e. The first-order chi connectivity index (χ1) is 15.7. The highest BCUT2D eigenvalue weighted by Gasteiger charge is 2.08. The molecule has 0 spiro atoms. The number of rotatable bonds is 9. The summed E-state index contributed by atoms with van der Waals surface area (Å²) >= 11 is 0. The predicted octanol–water partition coefficient (Wildman–Crippen LogP) is 3.98. The lowest BCUT2D eigenvalue weighted by molar-refractivity contribution is 0.415. The Kier molecular flexibility index (Phi) is 6.42. The maximum absolute atomic E-state index is 9.38. The first kappa shape index (κ1) is 20.7. The van der Waals surface area contributed by atoms with E-state index in [4.69, 9.17) is 9.15 Å². The molecule has 0 aliphatic rings. The van der Waals surface area contributed by atoms with Crippen molar-refractivity contribution >= 4 is 29.7 Å². The zero-order valence-electron chi connectivity index (χ0n) is 17.2. The second-order valence-electron chi connectivity index (χ2n) is 6.55. The molecule has 0 aliphatic heterocycles. The van der Waals surface area contributed by atoms with Crippen molar-refractivity contribution in [2.75, 3.05) is 23.2 Å². The summed E-state index contributed by atoms with van der Waals surface area (Å²) in [5.74, 6) is 2.60. The molecule has 0 saturated carbocycles. The second kappa shape index (κ2) is 9.94. The number of methoxy groups -OCH3 is 1. The first-order valence-electron chi connectivity index (χ1n) is 9.69. The third kappa shape index (κ3) is 5.72. The van der Waals surface area contributed by atoms with E-state index in [1.54, 1.807) is 43.9 Å². The van der Waals surface area contributed by atoms with Crippen molar-refractivity contribution in [2.45, 2.75) is 6.54 Å². The van der Waals surface area contributed by atoms with Gasteiger partial charge in [0.1, 0.15) is 17.3 Å². The van der Waals surface area contributed by atoms with Crippen LogP contribution in [0.1, 0.15) is 11.3 Å². The van der Waals surface area contributed by atoms with Gasteiger partial charge in [-0.1, -0.05) is 0 Å². The van der Waals surface area contributed by atoms with Gasteiger partial charge in [-0.05, 0) is 66.2 Å². The van der Waals surface area contributed by atoms with Crippen LogP contribution in [0.25, 0.3) is 0 Å². The Morgan fingerprint density at radius 2 is 1.72 bits per heavy atom. The quantitative estimate of drug-likeness (QED) is 0.230. The van der Waals surface area contributed by atoms with Gasteiger partial charge < -0.3 is 24.9 Å². The monoisotopic (exact) mass is 431 g/mol. The van der Waals surface area contributed by atoms with Gasteiger partial charge in [0.05, 0.1) is 26.1 Å². The highest BCUT2D eigenvalue weighted by molar-refractivity contribution is 5.80. The molecule has 0 aliphatic carbocycles. The lowest BCUT2D eigenvalue weighted by atomic mass is 10.2. The zero-order valence-corrected chi connectivity index (χ0v) is 17.2. The summed E-state index contributed by atoms with van der Waals surface area (Å²) < 4.78 is 10.5. The Morgan fingerprint density at radius 3 is 2.44 bits per heavy atom. The number of nitrogens with zero attached hydrogens (tertiary/aromatic N) is 4. The Morgan fingerprint density at radius 1 is 0.969 bits per heavy atom. The number of hydrogen-bond donors (Lipinski definition) is 4. The van der Waals surface area contributed by atoms with E-state index in [0.717, 1.165) is 22.8 Å². The van der Waals surface area contributed by atoms with Gasteiger partial charge in [-0.15, -0.1) is 0 Å². The molecule has 162 valence electrons. The van der Waals surface area contributed by atoms with Crippen LogP contribution in [0.2, 0.25) is 0 Å². The standard InChI is InChI=1S/C22H21N7O3/c1-31-18-10-6-16(7-11-18)25-21-26-20(23-14-19-3-2-12-32-19)27-22(28-21)29-24-13-15-4-8-17(30)9-5-15/h2-13,30H,14H2,1H3,(H3,23,25,26,27,28,29). The largest absolute Gasteiger partial charge is 0.508 e. The molecule has 4 rings (SSSR count). The third-order valence-corrected chi connectivity index (χ3v) is 4.25. The van der Waals surface area contributed by atoms with E-state index in [0.29, 0.717) is 18.4 Å². The third-order valence-electron chi connectivity index (χ3n) is 4.25. The highest BCUT2D eigenvalue weighted by Crippen LogP contribution is 2.19. The predicted molar refractivity (Wildman–Crippen MR) is 121 cm³/mol. The Bertz CT molecular complexity index is 1160. The number of ether oxygens (including phenoxy) is 1. The van der Waals surface area contributed by atoms with E-state index < -0.39 is 0 Å². The summed E-state index contributed by atoms with van der Waals surface area (Å²) in [6.45, 7) is 0.412. The SMILES string of the molecule is COc1ccc(Nc2nc(NCc3ccco3)nc(NN=Cc3ccc(O)cc3)n2)cc1. The van der Waals surface area contributed by atoms with E-state index in [2.05, 4.69) is 36.1 Å². The molecule has 0 atom stereocenters. The summed E-state index contributed by atoms with van der Waals surface area (Å²) in [6.07, 6.45) is 3.20. The van der Waals surface area contributed by atoms with Crippen LogP contribution in [0, 0.1) is 0 Å². The minimum absolute atomic E-state index is 0.189. The summed E-state index contributed by atoms with van der Waals surface area (Å²) in [7, 11) is 1.61. The van der Waals surface area contributed by atoms with Crippen LogP contribution >= 0.6 is 0 Å². The molecular weight excluding hydrogens is 410 g/mol. The van der Waals surface area contributed by atoms with Gasteiger partial charge in [-0.25, -0.2) is 5.43 Å². The number of benzene rings is 2. The van der Waals surface area contributed by atoms with Gasteiger partial charge in [0.2, 0.25) is 17.8 Å². The van der Waals surface area contributed by atoms with Crippen molar-refractivity contribution in [1.82, 2.24) is 15.0 Å². The van der Waals surface area contributed by atoms with Crippen molar-refractivity contribution in [3.8, 4) is 11.5 Å². The van der Waals surface area contributed by atoms with E-state index in [-0.39, 0.29) is 11.7 Å². The fourth-order valence-corrected chi connectivity index (χ4v) is 2.67. The molecule has 4 N–H and O–H groups in total. The van der Waals surface area contributed by atoms with Gasteiger partial charge in [0, 0.05) is 5.69 Å². The molecule has 0 unspecified atom stereocenters. The van der Waals surface area contributed by atoms with E-state index >= 15 is 0 Å². The molecule has 0 fully saturated rings. The van der Waals surface area contributed by atoms with E-state index in [1.807, 2.05) is 36.4 Å². The topological polar surface area (TPSA) is 130 Å². The molecule has 10 heteroatoms. The number of nitrogens with one attached hydrogen (secondary N) is 3. The van der Waals surface area contributed by atoms with Gasteiger partial charge in [-0.3, -0.25) is 0 Å². The number of phenolic OH excluding ortho intramolecular Hbond substituents is 1. The average molecular weight is 431 g/mol. The van der Waals surface area contributed by atoms with Gasteiger partial charge in [-0.2, -0.15) is 20.1 Å². The molecule has 0 bridgehead atoms. The Labute approximate surface area is 184 Å². The zero-order chi connectivity index (χ0) is 22.2. The molecule has 0 radical (unpaired) electrons. The van der Waals surface area contributed by atoms with E-state index in [9.17, 15) is 5.11 Å². The minimum atomic E-state index is 0.189. The van der Waals surface area contributed by atoms with Gasteiger partial charge in [0.15, 0.2) is 0 Å². The Hall–Kier alpha value is -4.60. The van der Waals surface area contributed by atoms with Crippen LogP contribution in [0.3, 0.4) is 0 Å². The molecule has 0 amide bonds. The number of hydrazone groups is 1. The van der Waals surface area contributed by atoms with Crippen LogP contribution < -0.4 is 20.8 Å². The summed E-state index contributed by atoms with van der Waals surface area (Å²) in [5, 5.41) is 19.8. The van der Waals surface area contributed by atoms with Crippen molar-refractivity contribution < 1.29 is 14.3 Å². The smallest absolute Gasteiger partial charge is 0.250 e. The van der Waals surface area contributed by atoms with Gasteiger partial charge in [0.25, 0.3) is 0 Å². The fourth-order valence-electron chi connectivity index (χ4n) is 2.67. The van der Waals surface area contributed by atoms with Crippen molar-refractivity contribution in [2.24, 2.45) is 5.10 Å². The highest BCUT2D eigenvalue weighted by atomic mass is 16.5. The second-order valence-corrected chi connectivity index (χ2v) is 6.55. The molecule has 2 heterocycles. The summed E-state index contributed by atoms with van der Waals surface area (Å²) in [6, 6.07) is 17.7. The summed E-state index contributed by atoms with van der Waals surface area (Å²) in [4.78, 5) is 13.1. The normalized spacial score (nSPS) is 10.8. The number of aromatic nitrogens is 3. The molecule has 4 aromatic rings. The molecule has 32 heavy (non-hydrogen) atoms. The van der Waals surface area contributed by atoms with Gasteiger partial charge >= 0.3 is 0 Å². The van der Waals surface area contributed by atoms with Crippen LogP contribution in [0.4, 0.5) is 23.5 Å². The lowest BCUT2D eigenvalue weighted by Crippen LogP contribution is -2.09. The fraction of sp³-hybridized carbons (Fsp3) is 0.0909. The van der Waals surface area contributed by atoms with Crippen LogP contribution in [-0.2, 0) is 6.54 Å². The molecule has 2 aromatic carbocycles. The van der Waals surface area contributed by atoms with Crippen molar-refractivity contribution in [1.29, 1.82) is 0 Å². The maximum atomic E-state index is 9.38. The number of hydrogen-bond acceptors (Lipinski definition) is 10. The number of furan rings is 1. The molecule has 0 saturated heterocycles. The molecule has 10 nitrogen and oxygen atoms in total. The lowest BCUT2D eigenvalue weighted by Gasteiger charge is -2.10. The van der Waals surface area contributed by atoms with Crippen molar-refractivity contribution in [3.05, 3.63) is 78.3 Å². The number of anilines is 4. The van der Waals surface area contributed by atoms with Crippen LogP contribution in [0.5, 0.6) is 11.5 Å².